The van der Waals surface area contributed by atoms with Crippen LogP contribution in [0.25, 0.3) is 0 Å². The first-order valence-corrected chi connectivity index (χ1v) is 5.26. The van der Waals surface area contributed by atoms with E-state index in [1.165, 1.54) is 17.8 Å². The second-order valence-electron chi connectivity index (χ2n) is 2.84. The molecule has 0 saturated heterocycles. The number of halogens is 3. The van der Waals surface area contributed by atoms with Crippen molar-refractivity contribution in [3.63, 3.8) is 0 Å². The highest BCUT2D eigenvalue weighted by molar-refractivity contribution is 7.99. The van der Waals surface area contributed by atoms with Crippen molar-refractivity contribution in [2.45, 2.75) is 18.0 Å². The molecule has 0 N–H and O–H groups in total. The standard InChI is InChI=1S/C10H9F3OS/c1-2-15-9-4-7(6-14)3-8(5-9)10(11,12)13/h3-6H,2H2,1H3. The molecule has 0 unspecified atom stereocenters. The van der Waals surface area contributed by atoms with Crippen LogP contribution in [0.1, 0.15) is 22.8 Å². The molecular weight excluding hydrogens is 225 g/mol. The largest absolute Gasteiger partial charge is 0.416 e. The summed E-state index contributed by atoms with van der Waals surface area (Å²) in [6.45, 7) is 1.84. The van der Waals surface area contributed by atoms with E-state index in [-0.39, 0.29) is 5.56 Å². The van der Waals surface area contributed by atoms with Crippen molar-refractivity contribution < 1.29 is 18.0 Å². The molecule has 0 heterocycles. The fraction of sp³-hybridized carbons (Fsp3) is 0.300. The van der Waals surface area contributed by atoms with Crippen LogP contribution >= 0.6 is 11.8 Å². The van der Waals surface area contributed by atoms with E-state index in [1.54, 1.807) is 0 Å². The minimum atomic E-state index is -4.40. The van der Waals surface area contributed by atoms with Crippen molar-refractivity contribution in [3.8, 4) is 0 Å². The Kier molecular flexibility index (Phi) is 3.79. The van der Waals surface area contributed by atoms with Gasteiger partial charge in [0.2, 0.25) is 0 Å². The minimum Gasteiger partial charge on any atom is -0.298 e. The number of carbonyl (C=O) groups is 1. The van der Waals surface area contributed by atoms with Gasteiger partial charge >= 0.3 is 6.18 Å². The third kappa shape index (κ3) is 3.27. The molecule has 5 heteroatoms. The fourth-order valence-corrected chi connectivity index (χ4v) is 1.87. The number of carbonyl (C=O) groups excluding carboxylic acids is 1. The Labute approximate surface area is 89.7 Å². The quantitative estimate of drug-likeness (QED) is 0.586. The zero-order valence-corrected chi connectivity index (χ0v) is 8.78. The van der Waals surface area contributed by atoms with Gasteiger partial charge in [-0.1, -0.05) is 6.92 Å². The highest BCUT2D eigenvalue weighted by Crippen LogP contribution is 2.32. The maximum atomic E-state index is 12.4. The van der Waals surface area contributed by atoms with E-state index in [9.17, 15) is 18.0 Å². The SMILES string of the molecule is CCSc1cc(C=O)cc(C(F)(F)F)c1. The maximum Gasteiger partial charge on any atom is 0.416 e. The molecule has 0 aliphatic carbocycles. The number of aldehydes is 1. The average Bonchev–Trinajstić information content (AvgIpc) is 2.16. The fourth-order valence-electron chi connectivity index (χ4n) is 1.10. The molecule has 1 nitrogen and oxygen atoms in total. The first kappa shape index (κ1) is 12.1. The molecule has 0 atom stereocenters. The number of hydrogen-bond donors (Lipinski definition) is 0. The van der Waals surface area contributed by atoms with Crippen LogP contribution in [-0.2, 0) is 6.18 Å². The number of rotatable bonds is 3. The van der Waals surface area contributed by atoms with E-state index in [0.717, 1.165) is 12.1 Å². The maximum absolute atomic E-state index is 12.4. The molecule has 15 heavy (non-hydrogen) atoms. The first-order valence-electron chi connectivity index (χ1n) is 4.27. The van der Waals surface area contributed by atoms with E-state index in [1.807, 2.05) is 6.92 Å². The van der Waals surface area contributed by atoms with Crippen LogP contribution in [0.15, 0.2) is 23.1 Å². The number of alkyl halides is 3. The summed E-state index contributed by atoms with van der Waals surface area (Å²) >= 11 is 1.28. The van der Waals surface area contributed by atoms with Gasteiger partial charge in [0.25, 0.3) is 0 Å². The first-order chi connectivity index (χ1) is 6.97. The molecular formula is C10H9F3OS. The Balaban J connectivity index is 3.17. The van der Waals surface area contributed by atoms with Gasteiger partial charge in [0.05, 0.1) is 5.56 Å². The monoisotopic (exact) mass is 234 g/mol. The predicted octanol–water partition coefficient (Wildman–Crippen LogP) is 3.63. The molecule has 0 amide bonds. The highest BCUT2D eigenvalue weighted by Gasteiger charge is 2.31. The molecule has 0 saturated carbocycles. The van der Waals surface area contributed by atoms with E-state index >= 15 is 0 Å². The van der Waals surface area contributed by atoms with Gasteiger partial charge in [0.1, 0.15) is 6.29 Å². The van der Waals surface area contributed by atoms with E-state index in [2.05, 4.69) is 0 Å². The summed E-state index contributed by atoms with van der Waals surface area (Å²) in [7, 11) is 0. The lowest BCUT2D eigenvalue weighted by Gasteiger charge is -2.09. The van der Waals surface area contributed by atoms with E-state index in [4.69, 9.17) is 0 Å². The van der Waals surface area contributed by atoms with Crippen LogP contribution < -0.4 is 0 Å². The van der Waals surface area contributed by atoms with Crippen LogP contribution in [0.2, 0.25) is 0 Å². The van der Waals surface area contributed by atoms with Crippen molar-refractivity contribution in [2.75, 3.05) is 5.75 Å². The summed E-state index contributed by atoms with van der Waals surface area (Å²) < 4.78 is 37.2. The van der Waals surface area contributed by atoms with Gasteiger partial charge in [-0.15, -0.1) is 11.8 Å². The van der Waals surface area contributed by atoms with Crippen molar-refractivity contribution in [1.82, 2.24) is 0 Å². The van der Waals surface area contributed by atoms with Crippen LogP contribution in [0.4, 0.5) is 13.2 Å². The van der Waals surface area contributed by atoms with Crippen molar-refractivity contribution >= 4 is 18.0 Å². The Hall–Kier alpha value is -0.970. The van der Waals surface area contributed by atoms with Crippen LogP contribution in [0.3, 0.4) is 0 Å². The zero-order valence-electron chi connectivity index (χ0n) is 7.97. The van der Waals surface area contributed by atoms with Gasteiger partial charge in [-0.25, -0.2) is 0 Å². The highest BCUT2D eigenvalue weighted by atomic mass is 32.2. The molecule has 0 bridgehead atoms. The van der Waals surface area contributed by atoms with Crippen molar-refractivity contribution in [3.05, 3.63) is 29.3 Å². The number of benzene rings is 1. The molecule has 0 spiro atoms. The number of thioether (sulfide) groups is 1. The summed E-state index contributed by atoms with van der Waals surface area (Å²) in [6, 6.07) is 3.37. The summed E-state index contributed by atoms with van der Waals surface area (Å²) in [5, 5.41) is 0. The second-order valence-corrected chi connectivity index (χ2v) is 4.18. The average molecular weight is 234 g/mol. The van der Waals surface area contributed by atoms with Crippen molar-refractivity contribution in [2.24, 2.45) is 0 Å². The lowest BCUT2D eigenvalue weighted by molar-refractivity contribution is -0.137. The predicted molar refractivity (Wildman–Crippen MR) is 53.2 cm³/mol. The van der Waals surface area contributed by atoms with E-state index < -0.39 is 11.7 Å². The Morgan fingerprint density at radius 3 is 2.47 bits per heavy atom. The summed E-state index contributed by atoms with van der Waals surface area (Å²) in [5.74, 6) is 0.666. The lowest BCUT2D eigenvalue weighted by atomic mass is 10.1. The Morgan fingerprint density at radius 2 is 2.00 bits per heavy atom. The minimum absolute atomic E-state index is 0.0563. The zero-order chi connectivity index (χ0) is 11.5. The van der Waals surface area contributed by atoms with Crippen LogP contribution in [0, 0.1) is 0 Å². The van der Waals surface area contributed by atoms with E-state index in [0.29, 0.717) is 16.9 Å². The Bertz CT molecular complexity index is 360. The third-order valence-electron chi connectivity index (χ3n) is 1.70. The molecule has 0 aromatic heterocycles. The molecule has 0 radical (unpaired) electrons. The number of hydrogen-bond acceptors (Lipinski definition) is 2. The summed E-state index contributed by atoms with van der Waals surface area (Å²) in [5.41, 5.74) is -0.719. The summed E-state index contributed by atoms with van der Waals surface area (Å²) in [4.78, 5) is 10.9. The molecule has 0 aliphatic heterocycles. The van der Waals surface area contributed by atoms with Gasteiger partial charge < -0.3 is 0 Å². The second kappa shape index (κ2) is 4.70. The normalized spacial score (nSPS) is 11.5. The Morgan fingerprint density at radius 1 is 1.33 bits per heavy atom. The smallest absolute Gasteiger partial charge is 0.298 e. The molecule has 1 aromatic carbocycles. The van der Waals surface area contributed by atoms with Gasteiger partial charge in [0, 0.05) is 10.5 Å². The van der Waals surface area contributed by atoms with Crippen LogP contribution in [-0.4, -0.2) is 12.0 Å². The topological polar surface area (TPSA) is 17.1 Å². The van der Waals surface area contributed by atoms with Crippen LogP contribution in [0.5, 0.6) is 0 Å². The summed E-state index contributed by atoms with van der Waals surface area (Å²) in [6.07, 6.45) is -3.98. The van der Waals surface area contributed by atoms with Gasteiger partial charge in [-0.05, 0) is 24.0 Å². The van der Waals surface area contributed by atoms with Crippen molar-refractivity contribution in [1.29, 1.82) is 0 Å². The molecule has 1 aromatic rings. The molecule has 82 valence electrons. The lowest BCUT2D eigenvalue weighted by Crippen LogP contribution is -2.05. The van der Waals surface area contributed by atoms with Gasteiger partial charge in [0.15, 0.2) is 0 Å². The molecule has 1 rings (SSSR count). The third-order valence-corrected chi connectivity index (χ3v) is 2.56. The molecule has 0 aliphatic rings. The van der Waals surface area contributed by atoms with Gasteiger partial charge in [-0.3, -0.25) is 4.79 Å². The van der Waals surface area contributed by atoms with Gasteiger partial charge in [-0.2, -0.15) is 13.2 Å². The molecule has 0 fully saturated rings.